The van der Waals surface area contributed by atoms with Gasteiger partial charge in [0.1, 0.15) is 5.76 Å². The van der Waals surface area contributed by atoms with Gasteiger partial charge in [0.05, 0.1) is 18.4 Å². The number of carbonyl (C=O) groups is 2. The third-order valence-corrected chi connectivity index (χ3v) is 2.81. The van der Waals surface area contributed by atoms with Crippen molar-refractivity contribution in [3.8, 4) is 0 Å². The van der Waals surface area contributed by atoms with Crippen LogP contribution in [0.1, 0.15) is 33.1 Å². The van der Waals surface area contributed by atoms with Gasteiger partial charge in [0.2, 0.25) is 0 Å². The van der Waals surface area contributed by atoms with E-state index in [1.165, 1.54) is 19.6 Å². The molecule has 0 aromatic heterocycles. The molecule has 1 aliphatic rings. The van der Waals surface area contributed by atoms with Crippen molar-refractivity contribution in [2.24, 2.45) is 5.10 Å². The van der Waals surface area contributed by atoms with Crippen LogP contribution in [0.3, 0.4) is 0 Å². The van der Waals surface area contributed by atoms with Crippen LogP contribution in [0, 0.1) is 0 Å². The summed E-state index contributed by atoms with van der Waals surface area (Å²) in [6, 6.07) is 0. The fourth-order valence-corrected chi connectivity index (χ4v) is 1.78. The smallest absolute Gasteiger partial charge is 0.414 e. The summed E-state index contributed by atoms with van der Waals surface area (Å²) < 4.78 is 4.61. The molecule has 7 nitrogen and oxygen atoms in total. The van der Waals surface area contributed by atoms with Gasteiger partial charge < -0.3 is 9.84 Å². The molecule has 1 heterocycles. The first kappa shape index (κ1) is 16.0. The number of hydrogen-bond acceptors (Lipinski definition) is 6. The third kappa shape index (κ3) is 5.29. The van der Waals surface area contributed by atoms with Gasteiger partial charge >= 0.3 is 6.09 Å². The second kappa shape index (κ2) is 8.19. The number of hydrogen-bond donors (Lipinski definition) is 2. The van der Waals surface area contributed by atoms with Crippen LogP contribution in [0.25, 0.3) is 0 Å². The summed E-state index contributed by atoms with van der Waals surface area (Å²) >= 11 is 0. The topological polar surface area (TPSA) is 91.2 Å². The Balaban J connectivity index is 2.64. The summed E-state index contributed by atoms with van der Waals surface area (Å²) in [5.41, 5.74) is -0.0522. The van der Waals surface area contributed by atoms with E-state index >= 15 is 0 Å². The molecule has 0 saturated carbocycles. The number of aliphatic hydroxyl groups is 1. The van der Waals surface area contributed by atoms with Crippen LogP contribution in [0.2, 0.25) is 0 Å². The normalized spacial score (nSPS) is 16.8. The van der Waals surface area contributed by atoms with Crippen molar-refractivity contribution in [2.75, 3.05) is 19.7 Å². The number of amides is 2. The van der Waals surface area contributed by atoms with E-state index in [-0.39, 0.29) is 17.9 Å². The highest BCUT2D eigenvalue weighted by Gasteiger charge is 2.16. The fourth-order valence-electron chi connectivity index (χ4n) is 1.78. The largest absolute Gasteiger partial charge is 0.512 e. The van der Waals surface area contributed by atoms with Crippen LogP contribution in [-0.4, -0.2) is 48.0 Å². The number of rotatable bonds is 4. The molecule has 1 saturated heterocycles. The van der Waals surface area contributed by atoms with Gasteiger partial charge in [-0.05, 0) is 33.1 Å². The number of aliphatic hydroxyl groups excluding tert-OH is 1. The van der Waals surface area contributed by atoms with Gasteiger partial charge in [0.25, 0.3) is 5.91 Å². The first-order valence-electron chi connectivity index (χ1n) is 6.71. The molecule has 0 aromatic carbocycles. The lowest BCUT2D eigenvalue weighted by atomic mass is 10.2. The number of carbonyl (C=O) groups excluding carboxylic acids is 2. The number of nitrogens with one attached hydrogen (secondary N) is 1. The van der Waals surface area contributed by atoms with E-state index in [4.69, 9.17) is 0 Å². The predicted octanol–water partition coefficient (Wildman–Crippen LogP) is 1.56. The molecule has 0 aromatic rings. The molecule has 0 bridgehead atoms. The van der Waals surface area contributed by atoms with E-state index in [9.17, 15) is 14.7 Å². The Bertz CT molecular complexity index is 408. The van der Waals surface area contributed by atoms with Gasteiger partial charge in [0, 0.05) is 13.1 Å². The molecule has 0 aliphatic carbocycles. The quantitative estimate of drug-likeness (QED) is 0.464. The van der Waals surface area contributed by atoms with Crippen molar-refractivity contribution < 1.29 is 19.4 Å². The standard InChI is InChI=1S/C13H21N3O4/c1-3-20-13(19)15-12(18)11(10(2)17)9-14-16-7-5-4-6-8-16/h9,17H,3-8H2,1-2H3,(H,15,18,19)/b11-10+,14-9+. The molecule has 0 spiro atoms. The zero-order valence-corrected chi connectivity index (χ0v) is 11.9. The maximum absolute atomic E-state index is 11.8. The number of hydrazone groups is 1. The maximum Gasteiger partial charge on any atom is 0.414 e. The lowest BCUT2D eigenvalue weighted by Gasteiger charge is -2.23. The monoisotopic (exact) mass is 283 g/mol. The van der Waals surface area contributed by atoms with E-state index in [0.717, 1.165) is 25.9 Å². The molecule has 7 heteroatoms. The summed E-state index contributed by atoms with van der Waals surface area (Å²) in [5.74, 6) is -0.934. The summed E-state index contributed by atoms with van der Waals surface area (Å²) in [6.45, 7) is 4.82. The number of allylic oxidation sites excluding steroid dienone is 1. The minimum absolute atomic E-state index is 0.0522. The van der Waals surface area contributed by atoms with E-state index in [1.54, 1.807) is 6.92 Å². The molecule has 1 rings (SSSR count). The lowest BCUT2D eigenvalue weighted by Crippen LogP contribution is -2.33. The van der Waals surface area contributed by atoms with Crippen molar-refractivity contribution in [2.45, 2.75) is 33.1 Å². The predicted molar refractivity (Wildman–Crippen MR) is 74.4 cm³/mol. The van der Waals surface area contributed by atoms with E-state index < -0.39 is 12.0 Å². The van der Waals surface area contributed by atoms with Gasteiger partial charge in [-0.25, -0.2) is 4.79 Å². The Morgan fingerprint density at radius 2 is 2.00 bits per heavy atom. The molecule has 20 heavy (non-hydrogen) atoms. The van der Waals surface area contributed by atoms with Gasteiger partial charge in [-0.3, -0.25) is 15.1 Å². The maximum atomic E-state index is 11.8. The van der Waals surface area contributed by atoms with Crippen LogP contribution in [-0.2, 0) is 9.53 Å². The fraction of sp³-hybridized carbons (Fsp3) is 0.615. The number of imide groups is 1. The second-order valence-corrected chi connectivity index (χ2v) is 4.43. The first-order chi connectivity index (χ1) is 9.54. The second-order valence-electron chi connectivity index (χ2n) is 4.43. The molecule has 2 N–H and O–H groups in total. The summed E-state index contributed by atoms with van der Waals surface area (Å²) in [4.78, 5) is 23.0. The van der Waals surface area contributed by atoms with Crippen molar-refractivity contribution >= 4 is 18.2 Å². The molecule has 2 amide bonds. The minimum atomic E-state index is -0.845. The summed E-state index contributed by atoms with van der Waals surface area (Å²) in [7, 11) is 0. The van der Waals surface area contributed by atoms with Gasteiger partial charge in [-0.1, -0.05) is 0 Å². The third-order valence-electron chi connectivity index (χ3n) is 2.81. The first-order valence-corrected chi connectivity index (χ1v) is 6.71. The Hall–Kier alpha value is -2.05. The highest BCUT2D eigenvalue weighted by molar-refractivity contribution is 6.16. The van der Waals surface area contributed by atoms with Gasteiger partial charge in [0.15, 0.2) is 0 Å². The van der Waals surface area contributed by atoms with E-state index in [0.29, 0.717) is 0 Å². The number of ether oxygens (including phenoxy) is 1. The van der Waals surface area contributed by atoms with Crippen LogP contribution >= 0.6 is 0 Å². The van der Waals surface area contributed by atoms with Gasteiger partial charge in [-0.15, -0.1) is 0 Å². The Morgan fingerprint density at radius 1 is 1.35 bits per heavy atom. The molecule has 0 radical (unpaired) electrons. The highest BCUT2D eigenvalue weighted by Crippen LogP contribution is 2.09. The van der Waals surface area contributed by atoms with Crippen molar-refractivity contribution in [1.29, 1.82) is 0 Å². The average molecular weight is 283 g/mol. The Morgan fingerprint density at radius 3 is 2.55 bits per heavy atom. The van der Waals surface area contributed by atoms with Gasteiger partial charge in [-0.2, -0.15) is 5.10 Å². The van der Waals surface area contributed by atoms with E-state index in [1.807, 2.05) is 10.3 Å². The van der Waals surface area contributed by atoms with E-state index in [2.05, 4.69) is 9.84 Å². The number of nitrogens with zero attached hydrogens (tertiary/aromatic N) is 2. The molecule has 0 unspecified atom stereocenters. The Kier molecular flexibility index (Phi) is 6.55. The van der Waals surface area contributed by atoms with Crippen LogP contribution in [0.4, 0.5) is 4.79 Å². The minimum Gasteiger partial charge on any atom is -0.512 e. The zero-order chi connectivity index (χ0) is 15.0. The number of alkyl carbamates (subject to hydrolysis) is 1. The lowest BCUT2D eigenvalue weighted by molar-refractivity contribution is -0.116. The molecule has 112 valence electrons. The average Bonchev–Trinajstić information content (AvgIpc) is 2.39. The Labute approximate surface area is 118 Å². The molecule has 1 fully saturated rings. The van der Waals surface area contributed by atoms with Crippen LogP contribution < -0.4 is 5.32 Å². The summed E-state index contributed by atoms with van der Waals surface area (Å²) in [5, 5.41) is 17.5. The molecular weight excluding hydrogens is 262 g/mol. The number of piperidine rings is 1. The van der Waals surface area contributed by atoms with Crippen LogP contribution in [0.5, 0.6) is 0 Å². The zero-order valence-electron chi connectivity index (χ0n) is 11.9. The van der Waals surface area contributed by atoms with Crippen LogP contribution in [0.15, 0.2) is 16.4 Å². The van der Waals surface area contributed by atoms with Crippen molar-refractivity contribution in [3.63, 3.8) is 0 Å². The van der Waals surface area contributed by atoms with Crippen molar-refractivity contribution in [3.05, 3.63) is 11.3 Å². The van der Waals surface area contributed by atoms with Crippen molar-refractivity contribution in [1.82, 2.24) is 10.3 Å². The molecular formula is C13H21N3O4. The SMILES string of the molecule is CCOC(=O)NC(=O)C(/C=N/N1CCCCC1)=C(\C)O. The molecule has 0 atom stereocenters. The molecule has 1 aliphatic heterocycles. The highest BCUT2D eigenvalue weighted by atomic mass is 16.5. The summed E-state index contributed by atoms with van der Waals surface area (Å²) in [6.07, 6.45) is 3.72.